The number of rotatable bonds is 6. The molecule has 0 radical (unpaired) electrons. The molecule has 0 amide bonds. The van der Waals surface area contributed by atoms with Crippen LogP contribution in [0.1, 0.15) is 18.1 Å². The minimum atomic E-state index is -2.15. The van der Waals surface area contributed by atoms with E-state index in [1.165, 1.54) is 0 Å². The molecule has 22 heavy (non-hydrogen) atoms. The van der Waals surface area contributed by atoms with E-state index in [4.69, 9.17) is 14.8 Å². The lowest BCUT2D eigenvalue weighted by atomic mass is 9.78. The molecule has 0 heterocycles. The van der Waals surface area contributed by atoms with Crippen molar-refractivity contribution in [3.8, 4) is 5.75 Å². The van der Waals surface area contributed by atoms with Gasteiger partial charge in [-0.3, -0.25) is 0 Å². The zero-order valence-corrected chi connectivity index (χ0v) is 12.2. The predicted octanol–water partition coefficient (Wildman–Crippen LogP) is 1.83. The van der Waals surface area contributed by atoms with Gasteiger partial charge in [0.15, 0.2) is 0 Å². The summed E-state index contributed by atoms with van der Waals surface area (Å²) < 4.78 is 32.6. The Morgan fingerprint density at radius 1 is 0.955 bits per heavy atom. The maximum Gasteiger partial charge on any atom is 0.494 e. The molecule has 0 aromatic heterocycles. The standard InChI is InChI=1S/C16H17BF2O3/c1-2-22-13-7-5-11(6-8-13)3-4-12-9-14(18)16(17(20)21)15(19)10-12/h5-10,20-21H,2-4H2,1H3. The first-order valence-corrected chi connectivity index (χ1v) is 7.07. The first-order chi connectivity index (χ1) is 10.5. The molecular weight excluding hydrogens is 289 g/mol. The Labute approximate surface area is 128 Å². The molecule has 0 saturated heterocycles. The lowest BCUT2D eigenvalue weighted by Gasteiger charge is -2.08. The minimum absolute atomic E-state index is 0.448. The smallest absolute Gasteiger partial charge is 0.494 e. The molecule has 0 fully saturated rings. The van der Waals surface area contributed by atoms with Crippen molar-refractivity contribution >= 4 is 12.6 Å². The minimum Gasteiger partial charge on any atom is -0.494 e. The summed E-state index contributed by atoms with van der Waals surface area (Å²) in [6, 6.07) is 9.78. The lowest BCUT2D eigenvalue weighted by Crippen LogP contribution is -2.35. The molecule has 0 unspecified atom stereocenters. The maximum atomic E-state index is 13.6. The van der Waals surface area contributed by atoms with Gasteiger partial charge in [-0.25, -0.2) is 8.78 Å². The van der Waals surface area contributed by atoms with E-state index in [-0.39, 0.29) is 0 Å². The third-order valence-corrected chi connectivity index (χ3v) is 3.33. The summed E-state index contributed by atoms with van der Waals surface area (Å²) in [6.45, 7) is 2.50. The van der Waals surface area contributed by atoms with Crippen LogP contribution < -0.4 is 10.2 Å². The normalized spacial score (nSPS) is 10.6. The van der Waals surface area contributed by atoms with E-state index in [0.717, 1.165) is 23.4 Å². The molecule has 2 aromatic rings. The molecule has 3 nitrogen and oxygen atoms in total. The van der Waals surface area contributed by atoms with Crippen molar-refractivity contribution in [1.29, 1.82) is 0 Å². The molecule has 0 aliphatic heterocycles. The number of hydrogen-bond donors (Lipinski definition) is 2. The van der Waals surface area contributed by atoms with Crippen LogP contribution in [0.5, 0.6) is 5.75 Å². The van der Waals surface area contributed by atoms with E-state index in [2.05, 4.69) is 0 Å². The summed E-state index contributed by atoms with van der Waals surface area (Å²) in [6.07, 6.45) is 1.07. The van der Waals surface area contributed by atoms with Gasteiger partial charge in [0.1, 0.15) is 17.4 Å². The average Bonchev–Trinajstić information content (AvgIpc) is 2.46. The van der Waals surface area contributed by atoms with Crippen LogP contribution in [0.4, 0.5) is 8.78 Å². The Bertz CT molecular complexity index is 607. The summed E-state index contributed by atoms with van der Waals surface area (Å²) in [7, 11) is -2.15. The van der Waals surface area contributed by atoms with Crippen molar-refractivity contribution in [3.05, 3.63) is 59.2 Å². The van der Waals surface area contributed by atoms with Crippen molar-refractivity contribution in [3.63, 3.8) is 0 Å². The van der Waals surface area contributed by atoms with Crippen LogP contribution in [-0.2, 0) is 12.8 Å². The zero-order chi connectivity index (χ0) is 16.1. The molecule has 0 saturated carbocycles. The van der Waals surface area contributed by atoms with Gasteiger partial charge in [-0.05, 0) is 55.2 Å². The monoisotopic (exact) mass is 306 g/mol. The van der Waals surface area contributed by atoms with Crippen molar-refractivity contribution in [2.75, 3.05) is 6.61 Å². The van der Waals surface area contributed by atoms with Crippen molar-refractivity contribution in [1.82, 2.24) is 0 Å². The number of halogens is 2. The van der Waals surface area contributed by atoms with E-state index in [0.29, 0.717) is 25.0 Å². The molecule has 0 bridgehead atoms. The molecule has 2 rings (SSSR count). The first kappa shape index (κ1) is 16.5. The van der Waals surface area contributed by atoms with E-state index < -0.39 is 24.2 Å². The van der Waals surface area contributed by atoms with Gasteiger partial charge in [-0.2, -0.15) is 0 Å². The van der Waals surface area contributed by atoms with Gasteiger partial charge in [0.25, 0.3) is 0 Å². The molecule has 2 aromatic carbocycles. The number of hydrogen-bond acceptors (Lipinski definition) is 3. The summed E-state index contributed by atoms with van der Waals surface area (Å²) >= 11 is 0. The Morgan fingerprint density at radius 2 is 1.50 bits per heavy atom. The number of benzene rings is 2. The van der Waals surface area contributed by atoms with Crippen LogP contribution in [-0.4, -0.2) is 23.8 Å². The number of ether oxygens (including phenoxy) is 1. The quantitative estimate of drug-likeness (QED) is 0.801. The SMILES string of the molecule is CCOc1ccc(CCc2cc(F)c(B(O)O)c(F)c2)cc1. The van der Waals surface area contributed by atoms with Gasteiger partial charge in [-0.15, -0.1) is 0 Å². The summed E-state index contributed by atoms with van der Waals surface area (Å²) in [4.78, 5) is 0. The Kier molecular flexibility index (Phi) is 5.52. The van der Waals surface area contributed by atoms with Crippen molar-refractivity contribution < 1.29 is 23.6 Å². The predicted molar refractivity (Wildman–Crippen MR) is 81.2 cm³/mol. The van der Waals surface area contributed by atoms with Crippen LogP contribution >= 0.6 is 0 Å². The molecule has 116 valence electrons. The van der Waals surface area contributed by atoms with Gasteiger partial charge in [0, 0.05) is 0 Å². The Balaban J connectivity index is 2.05. The molecule has 0 atom stereocenters. The summed E-state index contributed by atoms with van der Waals surface area (Å²) in [5.74, 6) is -1.11. The molecular formula is C16H17BF2O3. The van der Waals surface area contributed by atoms with Crippen molar-refractivity contribution in [2.45, 2.75) is 19.8 Å². The van der Waals surface area contributed by atoms with Crippen LogP contribution in [0, 0.1) is 11.6 Å². The maximum absolute atomic E-state index is 13.6. The van der Waals surface area contributed by atoms with Crippen LogP contribution in [0.15, 0.2) is 36.4 Å². The van der Waals surface area contributed by atoms with Gasteiger partial charge >= 0.3 is 7.12 Å². The fraction of sp³-hybridized carbons (Fsp3) is 0.250. The van der Waals surface area contributed by atoms with Gasteiger partial charge in [-0.1, -0.05) is 12.1 Å². The van der Waals surface area contributed by atoms with Crippen molar-refractivity contribution in [2.24, 2.45) is 0 Å². The van der Waals surface area contributed by atoms with E-state index in [9.17, 15) is 8.78 Å². The largest absolute Gasteiger partial charge is 0.494 e. The lowest BCUT2D eigenvalue weighted by molar-refractivity contribution is 0.340. The highest BCUT2D eigenvalue weighted by molar-refractivity contribution is 6.58. The Morgan fingerprint density at radius 3 is 2.00 bits per heavy atom. The molecule has 6 heteroatoms. The van der Waals surface area contributed by atoms with Crippen LogP contribution in [0.25, 0.3) is 0 Å². The molecule has 2 N–H and O–H groups in total. The highest BCUT2D eigenvalue weighted by Crippen LogP contribution is 2.15. The van der Waals surface area contributed by atoms with Crippen LogP contribution in [0.3, 0.4) is 0 Å². The topological polar surface area (TPSA) is 49.7 Å². The average molecular weight is 306 g/mol. The summed E-state index contributed by atoms with van der Waals surface area (Å²) in [5, 5.41) is 17.8. The van der Waals surface area contributed by atoms with Gasteiger partial charge < -0.3 is 14.8 Å². The van der Waals surface area contributed by atoms with Gasteiger partial charge in [0.2, 0.25) is 0 Å². The van der Waals surface area contributed by atoms with E-state index in [1.807, 2.05) is 31.2 Å². The second-order valence-corrected chi connectivity index (χ2v) is 4.92. The highest BCUT2D eigenvalue weighted by Gasteiger charge is 2.22. The fourth-order valence-electron chi connectivity index (χ4n) is 2.24. The second kappa shape index (κ2) is 7.38. The third-order valence-electron chi connectivity index (χ3n) is 3.33. The first-order valence-electron chi connectivity index (χ1n) is 7.07. The molecule has 0 aliphatic rings. The summed E-state index contributed by atoms with van der Waals surface area (Å²) in [5.41, 5.74) is 0.772. The van der Waals surface area contributed by atoms with E-state index in [1.54, 1.807) is 0 Å². The highest BCUT2D eigenvalue weighted by atomic mass is 19.1. The third kappa shape index (κ3) is 4.05. The molecule has 0 aliphatic carbocycles. The fourth-order valence-corrected chi connectivity index (χ4v) is 2.24. The molecule has 0 spiro atoms. The Hall–Kier alpha value is -1.92. The van der Waals surface area contributed by atoms with Gasteiger partial charge in [0.05, 0.1) is 12.1 Å². The zero-order valence-electron chi connectivity index (χ0n) is 12.2. The number of aryl methyl sites for hydroxylation is 2. The van der Waals surface area contributed by atoms with Crippen LogP contribution in [0.2, 0.25) is 0 Å². The second-order valence-electron chi connectivity index (χ2n) is 4.92. The van der Waals surface area contributed by atoms with E-state index >= 15 is 0 Å².